The molecule has 0 spiro atoms. The van der Waals surface area contributed by atoms with Gasteiger partial charge in [0.05, 0.1) is 33.9 Å². The van der Waals surface area contributed by atoms with Gasteiger partial charge in [0.25, 0.3) is 5.91 Å². The Kier molecular flexibility index (Phi) is 5.60. The first kappa shape index (κ1) is 22.7. The summed E-state index contributed by atoms with van der Waals surface area (Å²) in [6.07, 6.45) is -3.37. The number of nitrogens with zero attached hydrogens (tertiary/aromatic N) is 3. The smallest absolute Gasteiger partial charge is 0.320 e. The van der Waals surface area contributed by atoms with Gasteiger partial charge >= 0.3 is 6.18 Å². The number of halogens is 4. The molecule has 4 aromatic rings. The Hall–Kier alpha value is -4.05. The minimum absolute atomic E-state index is 0.0240. The number of amides is 1. The zero-order valence-corrected chi connectivity index (χ0v) is 18.4. The fourth-order valence-corrected chi connectivity index (χ4v) is 4.07. The first-order chi connectivity index (χ1) is 16.7. The molecular formula is C25H19F4N5O. The Morgan fingerprint density at radius 3 is 2.54 bits per heavy atom. The molecule has 35 heavy (non-hydrogen) atoms. The molecule has 0 unspecified atom stereocenters. The van der Waals surface area contributed by atoms with Crippen LogP contribution < -0.4 is 10.6 Å². The first-order valence-electron chi connectivity index (χ1n) is 10.7. The monoisotopic (exact) mass is 481 g/mol. The molecule has 0 fully saturated rings. The van der Waals surface area contributed by atoms with Crippen LogP contribution in [0.25, 0.3) is 22.5 Å². The van der Waals surface area contributed by atoms with Crippen molar-refractivity contribution in [2.45, 2.75) is 19.3 Å². The molecule has 0 radical (unpaired) electrons. The summed E-state index contributed by atoms with van der Waals surface area (Å²) in [5.74, 6) is -2.18. The van der Waals surface area contributed by atoms with E-state index in [2.05, 4.69) is 20.7 Å². The zero-order valence-electron chi connectivity index (χ0n) is 18.4. The van der Waals surface area contributed by atoms with Crippen LogP contribution >= 0.6 is 0 Å². The highest BCUT2D eigenvalue weighted by Crippen LogP contribution is 2.38. The number of aromatic nitrogens is 3. The number of rotatable bonds is 4. The van der Waals surface area contributed by atoms with E-state index in [1.165, 1.54) is 16.9 Å². The van der Waals surface area contributed by atoms with Gasteiger partial charge < -0.3 is 10.6 Å². The zero-order chi connectivity index (χ0) is 24.7. The van der Waals surface area contributed by atoms with E-state index in [4.69, 9.17) is 0 Å². The molecule has 6 nitrogen and oxygen atoms in total. The molecule has 2 N–H and O–H groups in total. The maximum atomic E-state index is 14.9. The molecule has 5 rings (SSSR count). The van der Waals surface area contributed by atoms with Crippen molar-refractivity contribution in [1.29, 1.82) is 0 Å². The molecule has 10 heteroatoms. The van der Waals surface area contributed by atoms with Crippen LogP contribution in [-0.2, 0) is 26.3 Å². The van der Waals surface area contributed by atoms with Crippen molar-refractivity contribution in [1.82, 2.24) is 20.1 Å². The fourth-order valence-electron chi connectivity index (χ4n) is 4.07. The van der Waals surface area contributed by atoms with Gasteiger partial charge in [-0.1, -0.05) is 30.3 Å². The van der Waals surface area contributed by atoms with Gasteiger partial charge in [-0.25, -0.2) is 9.37 Å². The predicted molar refractivity (Wildman–Crippen MR) is 122 cm³/mol. The van der Waals surface area contributed by atoms with Crippen molar-refractivity contribution >= 4 is 11.6 Å². The number of anilines is 1. The first-order valence-corrected chi connectivity index (χ1v) is 10.7. The van der Waals surface area contributed by atoms with Crippen molar-refractivity contribution in [2.75, 3.05) is 5.32 Å². The molecular weight excluding hydrogens is 462 g/mol. The van der Waals surface area contributed by atoms with E-state index in [-0.39, 0.29) is 11.3 Å². The number of hydrogen-bond donors (Lipinski definition) is 2. The van der Waals surface area contributed by atoms with Crippen LogP contribution in [0, 0.1) is 5.82 Å². The number of carbonyl (C=O) groups is 1. The molecule has 0 atom stereocenters. The van der Waals surface area contributed by atoms with E-state index >= 15 is 0 Å². The van der Waals surface area contributed by atoms with Crippen LogP contribution in [0.15, 0.2) is 60.8 Å². The van der Waals surface area contributed by atoms with E-state index in [0.29, 0.717) is 30.5 Å². The maximum absolute atomic E-state index is 14.9. The minimum atomic E-state index is -4.83. The van der Waals surface area contributed by atoms with Gasteiger partial charge in [-0.15, -0.1) is 0 Å². The molecule has 1 aliphatic heterocycles. The maximum Gasteiger partial charge on any atom is 0.417 e. The van der Waals surface area contributed by atoms with Crippen molar-refractivity contribution in [3.05, 3.63) is 89.0 Å². The fraction of sp³-hybridized carbons (Fsp3) is 0.160. The summed E-state index contributed by atoms with van der Waals surface area (Å²) in [4.78, 5) is 17.8. The summed E-state index contributed by atoms with van der Waals surface area (Å²) in [6.45, 7) is 1.13. The standard InChI is InChI=1S/C25H19F4N5O/c1-34-8-7-20(33-34)16-10-17(19(26)11-18(16)25(27,28)29)24(35)32-21-9-15-12-30-13-22(15)31-23(21)14-5-3-2-4-6-14/h2-11,30H,12-13H2,1H3,(H,32,35). The Balaban J connectivity index is 1.58. The van der Waals surface area contributed by atoms with Gasteiger partial charge in [0.15, 0.2) is 0 Å². The van der Waals surface area contributed by atoms with Crippen LogP contribution in [0.3, 0.4) is 0 Å². The van der Waals surface area contributed by atoms with E-state index < -0.39 is 29.0 Å². The molecule has 0 aliphatic carbocycles. The molecule has 0 bridgehead atoms. The van der Waals surface area contributed by atoms with Crippen LogP contribution in [-0.4, -0.2) is 20.7 Å². The second-order valence-corrected chi connectivity index (χ2v) is 8.16. The molecule has 3 heterocycles. The van der Waals surface area contributed by atoms with Crippen molar-refractivity contribution in [3.8, 4) is 22.5 Å². The number of nitrogens with one attached hydrogen (secondary N) is 2. The third-order valence-corrected chi connectivity index (χ3v) is 5.74. The number of fused-ring (bicyclic) bond motifs is 1. The van der Waals surface area contributed by atoms with E-state index in [9.17, 15) is 22.4 Å². The van der Waals surface area contributed by atoms with Gasteiger partial charge in [0.1, 0.15) is 5.82 Å². The summed E-state index contributed by atoms with van der Waals surface area (Å²) >= 11 is 0. The number of pyridine rings is 1. The second kappa shape index (κ2) is 8.62. The van der Waals surface area contributed by atoms with Crippen molar-refractivity contribution in [3.63, 3.8) is 0 Å². The lowest BCUT2D eigenvalue weighted by Crippen LogP contribution is -2.17. The molecule has 2 aromatic heterocycles. The lowest BCUT2D eigenvalue weighted by atomic mass is 9.99. The average molecular weight is 481 g/mol. The molecule has 1 aliphatic rings. The lowest BCUT2D eigenvalue weighted by molar-refractivity contribution is -0.137. The van der Waals surface area contributed by atoms with Crippen LogP contribution in [0.2, 0.25) is 0 Å². The Bertz CT molecular complexity index is 1430. The molecule has 178 valence electrons. The number of aryl methyl sites for hydroxylation is 1. The van der Waals surface area contributed by atoms with E-state index in [1.54, 1.807) is 13.1 Å². The van der Waals surface area contributed by atoms with Crippen molar-refractivity contribution < 1.29 is 22.4 Å². The van der Waals surface area contributed by atoms with Gasteiger partial charge in [-0.3, -0.25) is 9.48 Å². The van der Waals surface area contributed by atoms with E-state index in [0.717, 1.165) is 22.9 Å². The minimum Gasteiger partial charge on any atom is -0.320 e. The summed E-state index contributed by atoms with van der Waals surface area (Å²) in [5.41, 5.74) is 1.12. The third kappa shape index (κ3) is 4.40. The number of benzene rings is 2. The number of carbonyl (C=O) groups excluding carboxylic acids is 1. The summed E-state index contributed by atoms with van der Waals surface area (Å²) in [6, 6.07) is 13.5. The highest BCUT2D eigenvalue weighted by molar-refractivity contribution is 6.07. The van der Waals surface area contributed by atoms with Crippen LogP contribution in [0.5, 0.6) is 0 Å². The summed E-state index contributed by atoms with van der Waals surface area (Å²) < 4.78 is 57.2. The molecule has 0 saturated heterocycles. The predicted octanol–water partition coefficient (Wildman–Crippen LogP) is 5.16. The van der Waals surface area contributed by atoms with Gasteiger partial charge in [0, 0.05) is 37.5 Å². The third-order valence-electron chi connectivity index (χ3n) is 5.74. The highest BCUT2D eigenvalue weighted by Gasteiger charge is 2.36. The Labute approximate surface area is 197 Å². The molecule has 2 aromatic carbocycles. The topological polar surface area (TPSA) is 71.8 Å². The van der Waals surface area contributed by atoms with Gasteiger partial charge in [-0.05, 0) is 29.8 Å². The summed E-state index contributed by atoms with van der Waals surface area (Å²) in [7, 11) is 1.55. The SMILES string of the molecule is Cn1ccc(-c2cc(C(=O)Nc3cc4c(nc3-c3ccccc3)CNC4)c(F)cc2C(F)(F)F)n1. The van der Waals surface area contributed by atoms with Gasteiger partial charge in [0.2, 0.25) is 0 Å². The highest BCUT2D eigenvalue weighted by atomic mass is 19.4. The van der Waals surface area contributed by atoms with Crippen LogP contribution in [0.1, 0.15) is 27.2 Å². The van der Waals surface area contributed by atoms with Crippen LogP contribution in [0.4, 0.5) is 23.2 Å². The number of alkyl halides is 3. The number of hydrogen-bond acceptors (Lipinski definition) is 4. The normalized spacial score (nSPS) is 13.1. The second-order valence-electron chi connectivity index (χ2n) is 8.16. The summed E-state index contributed by atoms with van der Waals surface area (Å²) in [5, 5.41) is 9.85. The van der Waals surface area contributed by atoms with Gasteiger partial charge in [-0.2, -0.15) is 18.3 Å². The molecule has 1 amide bonds. The van der Waals surface area contributed by atoms with E-state index in [1.807, 2.05) is 30.3 Å². The largest absolute Gasteiger partial charge is 0.417 e. The molecule has 0 saturated carbocycles. The lowest BCUT2D eigenvalue weighted by Gasteiger charge is -2.16. The average Bonchev–Trinajstić information content (AvgIpc) is 3.46. The van der Waals surface area contributed by atoms with Crippen molar-refractivity contribution in [2.24, 2.45) is 7.05 Å². The quantitative estimate of drug-likeness (QED) is 0.395. The Morgan fingerprint density at radius 2 is 1.86 bits per heavy atom. The Morgan fingerprint density at radius 1 is 1.09 bits per heavy atom.